The van der Waals surface area contributed by atoms with Crippen molar-refractivity contribution < 1.29 is 17.6 Å². The van der Waals surface area contributed by atoms with Crippen LogP contribution in [0.5, 0.6) is 0 Å². The number of sulfone groups is 1. The summed E-state index contributed by atoms with van der Waals surface area (Å²) in [5.74, 6) is -0.381. The lowest BCUT2D eigenvalue weighted by Crippen LogP contribution is -2.40. The quantitative estimate of drug-likeness (QED) is 0.543. The van der Waals surface area contributed by atoms with Gasteiger partial charge in [0.1, 0.15) is 5.82 Å². The van der Waals surface area contributed by atoms with Crippen LogP contribution in [0.2, 0.25) is 0 Å². The van der Waals surface area contributed by atoms with E-state index in [-0.39, 0.29) is 29.3 Å². The number of halogens is 1. The zero-order valence-electron chi connectivity index (χ0n) is 14.7. The Morgan fingerprint density at radius 1 is 1.26 bits per heavy atom. The molecule has 0 aliphatic carbocycles. The molecule has 1 unspecified atom stereocenters. The van der Waals surface area contributed by atoms with Crippen molar-refractivity contribution in [3.05, 3.63) is 65.8 Å². The van der Waals surface area contributed by atoms with E-state index in [9.17, 15) is 17.6 Å². The Morgan fingerprint density at radius 2 is 2.00 bits per heavy atom. The Bertz CT molecular complexity index is 961. The van der Waals surface area contributed by atoms with Gasteiger partial charge in [-0.2, -0.15) is 0 Å². The number of hydrogen-bond donors (Lipinski definition) is 0. The Balaban J connectivity index is 1.71. The van der Waals surface area contributed by atoms with Crippen LogP contribution in [0.15, 0.2) is 55.1 Å². The molecule has 1 amide bonds. The molecule has 1 aromatic carbocycles. The summed E-state index contributed by atoms with van der Waals surface area (Å²) >= 11 is 1.49. The zero-order chi connectivity index (χ0) is 19.4. The highest BCUT2D eigenvalue weighted by Crippen LogP contribution is 2.29. The molecule has 1 fully saturated rings. The molecule has 1 aliphatic rings. The first kappa shape index (κ1) is 19.5. The molecule has 1 saturated heterocycles. The van der Waals surface area contributed by atoms with Gasteiger partial charge < -0.3 is 4.90 Å². The molecule has 0 radical (unpaired) electrons. The summed E-state index contributed by atoms with van der Waals surface area (Å²) in [6.45, 7) is 3.97. The number of benzene rings is 1. The van der Waals surface area contributed by atoms with Crippen molar-refractivity contribution in [3.63, 3.8) is 0 Å². The van der Waals surface area contributed by atoms with E-state index in [0.29, 0.717) is 13.0 Å². The minimum Gasteiger partial charge on any atom is -0.331 e. The third-order valence-corrected chi connectivity index (χ3v) is 7.25. The molecule has 0 N–H and O–H groups in total. The molecule has 1 aliphatic heterocycles. The topological polar surface area (TPSA) is 54.5 Å². The molecule has 4 nitrogen and oxygen atoms in total. The number of hydrogen-bond acceptors (Lipinski definition) is 4. The second-order valence-electron chi connectivity index (χ2n) is 6.38. The van der Waals surface area contributed by atoms with Crippen LogP contribution in [0.4, 0.5) is 4.39 Å². The number of amides is 1. The number of carbonyl (C=O) groups is 1. The highest BCUT2D eigenvalue weighted by Gasteiger charge is 2.33. The van der Waals surface area contributed by atoms with Gasteiger partial charge in [-0.25, -0.2) is 12.8 Å². The summed E-state index contributed by atoms with van der Waals surface area (Å²) < 4.78 is 36.5. The summed E-state index contributed by atoms with van der Waals surface area (Å²) in [5.41, 5.74) is 0.914. The van der Waals surface area contributed by atoms with E-state index < -0.39 is 9.84 Å². The number of rotatable bonds is 6. The van der Waals surface area contributed by atoms with Crippen molar-refractivity contribution in [2.75, 3.05) is 18.1 Å². The molecule has 27 heavy (non-hydrogen) atoms. The van der Waals surface area contributed by atoms with Gasteiger partial charge in [0.25, 0.3) is 0 Å². The summed E-state index contributed by atoms with van der Waals surface area (Å²) in [4.78, 5) is 16.0. The van der Waals surface area contributed by atoms with E-state index in [0.717, 1.165) is 15.3 Å². The molecule has 7 heteroatoms. The van der Waals surface area contributed by atoms with E-state index >= 15 is 0 Å². The maximum atomic E-state index is 13.0. The molecule has 0 saturated carbocycles. The van der Waals surface area contributed by atoms with Gasteiger partial charge in [0, 0.05) is 28.4 Å². The van der Waals surface area contributed by atoms with Gasteiger partial charge in [-0.3, -0.25) is 4.79 Å². The average molecular weight is 406 g/mol. The van der Waals surface area contributed by atoms with E-state index in [2.05, 4.69) is 6.58 Å². The van der Waals surface area contributed by atoms with Crippen molar-refractivity contribution in [1.29, 1.82) is 0 Å². The molecule has 1 atom stereocenters. The molecule has 2 aromatic rings. The van der Waals surface area contributed by atoms with Gasteiger partial charge >= 0.3 is 0 Å². The van der Waals surface area contributed by atoms with Crippen molar-refractivity contribution in [3.8, 4) is 10.4 Å². The predicted molar refractivity (Wildman–Crippen MR) is 108 cm³/mol. The fourth-order valence-electron chi connectivity index (χ4n) is 3.04. The van der Waals surface area contributed by atoms with Crippen LogP contribution >= 0.6 is 11.3 Å². The van der Waals surface area contributed by atoms with Crippen LogP contribution in [0.25, 0.3) is 16.5 Å². The Hall–Kier alpha value is -2.25. The molecule has 3 rings (SSSR count). The van der Waals surface area contributed by atoms with Gasteiger partial charge in [-0.15, -0.1) is 17.9 Å². The first-order valence-electron chi connectivity index (χ1n) is 8.54. The van der Waals surface area contributed by atoms with Crippen molar-refractivity contribution >= 4 is 33.2 Å². The molecular formula is C20H20FNO3S2. The Morgan fingerprint density at radius 3 is 2.63 bits per heavy atom. The fourth-order valence-corrected chi connectivity index (χ4v) is 5.69. The van der Waals surface area contributed by atoms with E-state index in [1.165, 1.54) is 29.5 Å². The fraction of sp³-hybridized carbons (Fsp3) is 0.250. The van der Waals surface area contributed by atoms with Crippen LogP contribution < -0.4 is 0 Å². The SMILES string of the molecule is C=CCN(C(=O)/C=C/c1ccc(-c2ccc(F)cc2)s1)C1CCS(=O)(=O)C1. The van der Waals surface area contributed by atoms with Crippen molar-refractivity contribution in [2.45, 2.75) is 12.5 Å². The van der Waals surface area contributed by atoms with Crippen LogP contribution in [-0.4, -0.2) is 43.3 Å². The Kier molecular flexibility index (Phi) is 5.92. The van der Waals surface area contributed by atoms with Crippen molar-refractivity contribution in [2.24, 2.45) is 0 Å². The highest BCUT2D eigenvalue weighted by atomic mass is 32.2. The standard InChI is InChI=1S/C20H20FNO3S2/c1-2-12-22(17-11-13-27(24,25)14-17)20(23)10-8-18-7-9-19(26-18)15-3-5-16(21)6-4-15/h2-10,17H,1,11-14H2/b10-8+. The molecular weight excluding hydrogens is 385 g/mol. The minimum absolute atomic E-state index is 0.00807. The van der Waals surface area contributed by atoms with E-state index in [1.807, 2.05) is 12.1 Å². The molecule has 0 bridgehead atoms. The minimum atomic E-state index is -3.07. The number of carbonyl (C=O) groups excluding carboxylic acids is 1. The summed E-state index contributed by atoms with van der Waals surface area (Å²) in [5, 5.41) is 0. The van der Waals surface area contributed by atoms with Crippen molar-refractivity contribution in [1.82, 2.24) is 4.90 Å². The molecule has 2 heterocycles. The summed E-state index contributed by atoms with van der Waals surface area (Å²) in [6, 6.07) is 9.77. The smallest absolute Gasteiger partial charge is 0.247 e. The first-order valence-corrected chi connectivity index (χ1v) is 11.2. The largest absolute Gasteiger partial charge is 0.331 e. The van der Waals surface area contributed by atoms with Gasteiger partial charge in [0.15, 0.2) is 9.84 Å². The molecule has 1 aromatic heterocycles. The maximum absolute atomic E-state index is 13.0. The summed E-state index contributed by atoms with van der Waals surface area (Å²) in [6.07, 6.45) is 5.26. The predicted octanol–water partition coefficient (Wildman–Crippen LogP) is 3.77. The zero-order valence-corrected chi connectivity index (χ0v) is 16.3. The third kappa shape index (κ3) is 4.93. The normalized spacial score (nSPS) is 18.6. The second kappa shape index (κ2) is 8.19. The monoisotopic (exact) mass is 405 g/mol. The van der Waals surface area contributed by atoms with Gasteiger partial charge in [0.2, 0.25) is 5.91 Å². The molecule has 142 valence electrons. The lowest BCUT2D eigenvalue weighted by atomic mass is 10.2. The van der Waals surface area contributed by atoms with Crippen LogP contribution in [0.3, 0.4) is 0 Å². The Labute approximate surface area is 162 Å². The lowest BCUT2D eigenvalue weighted by molar-refractivity contribution is -0.127. The molecule has 0 spiro atoms. The first-order chi connectivity index (χ1) is 12.9. The van der Waals surface area contributed by atoms with Crippen LogP contribution in [0, 0.1) is 5.82 Å². The number of thiophene rings is 1. The van der Waals surface area contributed by atoms with Gasteiger partial charge in [-0.1, -0.05) is 18.2 Å². The van der Waals surface area contributed by atoms with Crippen LogP contribution in [-0.2, 0) is 14.6 Å². The van der Waals surface area contributed by atoms with Crippen LogP contribution in [0.1, 0.15) is 11.3 Å². The maximum Gasteiger partial charge on any atom is 0.247 e. The highest BCUT2D eigenvalue weighted by molar-refractivity contribution is 7.91. The van der Waals surface area contributed by atoms with Gasteiger partial charge in [-0.05, 0) is 42.3 Å². The number of nitrogens with zero attached hydrogens (tertiary/aromatic N) is 1. The lowest BCUT2D eigenvalue weighted by Gasteiger charge is -2.25. The van der Waals surface area contributed by atoms with Gasteiger partial charge in [0.05, 0.1) is 11.5 Å². The van der Waals surface area contributed by atoms with E-state index in [4.69, 9.17) is 0 Å². The van der Waals surface area contributed by atoms with E-state index in [1.54, 1.807) is 29.2 Å². The second-order valence-corrected chi connectivity index (χ2v) is 9.72. The third-order valence-electron chi connectivity index (χ3n) is 4.40. The summed E-state index contributed by atoms with van der Waals surface area (Å²) in [7, 11) is -3.07. The average Bonchev–Trinajstić information content (AvgIpc) is 3.24.